The quantitative estimate of drug-likeness (QED) is 0.311. The van der Waals surface area contributed by atoms with Crippen LogP contribution in [0.1, 0.15) is 34.7 Å². The van der Waals surface area contributed by atoms with Gasteiger partial charge in [0.2, 0.25) is 0 Å². The Morgan fingerprint density at radius 2 is 1.94 bits per heavy atom. The average molecular weight is 500 g/mol. The summed E-state index contributed by atoms with van der Waals surface area (Å²) < 4.78 is 43.3. The van der Waals surface area contributed by atoms with E-state index in [4.69, 9.17) is 11.6 Å². The number of halogens is 4. The first-order chi connectivity index (χ1) is 16.6. The zero-order chi connectivity index (χ0) is 24.9. The maximum absolute atomic E-state index is 14.0. The lowest BCUT2D eigenvalue weighted by Crippen LogP contribution is -2.28. The summed E-state index contributed by atoms with van der Waals surface area (Å²) in [5, 5.41) is 3.43. The van der Waals surface area contributed by atoms with Crippen molar-refractivity contribution in [3.05, 3.63) is 93.3 Å². The molecule has 0 radical (unpaired) electrons. The minimum atomic E-state index is -4.74. The van der Waals surface area contributed by atoms with Gasteiger partial charge in [-0.3, -0.25) is 9.59 Å². The molecule has 5 aromatic rings. The molecule has 0 aliphatic rings. The van der Waals surface area contributed by atoms with Gasteiger partial charge >= 0.3 is 6.18 Å². The van der Waals surface area contributed by atoms with Gasteiger partial charge in [-0.05, 0) is 55.5 Å². The monoisotopic (exact) mass is 499 g/mol. The number of carbonyl (C=O) groups is 1. The van der Waals surface area contributed by atoms with Crippen LogP contribution in [-0.4, -0.2) is 25.4 Å². The SMILES string of the molecule is C[C@H](NC(=O)c1ccc(-n2ccc3c(=O)[nH]ccc32)c(C(F)(F)F)c1)c1nc2cc(Cl)ccc2[nH]1. The predicted molar refractivity (Wildman–Crippen MR) is 126 cm³/mol. The van der Waals surface area contributed by atoms with E-state index in [1.165, 1.54) is 41.2 Å². The molecule has 5 rings (SSSR count). The molecule has 0 spiro atoms. The highest BCUT2D eigenvalue weighted by atomic mass is 35.5. The number of aromatic amines is 2. The van der Waals surface area contributed by atoms with Crippen LogP contribution in [0.2, 0.25) is 5.02 Å². The van der Waals surface area contributed by atoms with Crippen molar-refractivity contribution in [1.29, 1.82) is 0 Å². The number of aromatic nitrogens is 4. The van der Waals surface area contributed by atoms with E-state index in [-0.39, 0.29) is 16.6 Å². The Hall–Kier alpha value is -4.05. The Labute approximate surface area is 200 Å². The summed E-state index contributed by atoms with van der Waals surface area (Å²) in [7, 11) is 0. The number of benzene rings is 2. The fourth-order valence-corrected chi connectivity index (χ4v) is 4.12. The normalized spacial score (nSPS) is 12.8. The number of hydrogen-bond acceptors (Lipinski definition) is 3. The molecule has 178 valence electrons. The van der Waals surface area contributed by atoms with E-state index >= 15 is 0 Å². The Kier molecular flexibility index (Phi) is 5.40. The minimum absolute atomic E-state index is 0.165. The Bertz CT molecular complexity index is 1650. The summed E-state index contributed by atoms with van der Waals surface area (Å²) in [6, 6.07) is 10.8. The summed E-state index contributed by atoms with van der Waals surface area (Å²) in [4.78, 5) is 34.8. The van der Waals surface area contributed by atoms with Crippen molar-refractivity contribution < 1.29 is 18.0 Å². The second kappa shape index (κ2) is 8.31. The number of amides is 1. The molecule has 0 saturated heterocycles. The molecule has 0 fully saturated rings. The van der Waals surface area contributed by atoms with E-state index in [2.05, 4.69) is 20.3 Å². The number of nitrogens with one attached hydrogen (secondary N) is 3. The van der Waals surface area contributed by atoms with Crippen molar-refractivity contribution in [2.75, 3.05) is 0 Å². The van der Waals surface area contributed by atoms with Crippen molar-refractivity contribution in [2.24, 2.45) is 0 Å². The lowest BCUT2D eigenvalue weighted by molar-refractivity contribution is -0.137. The van der Waals surface area contributed by atoms with Gasteiger partial charge in [-0.1, -0.05) is 11.6 Å². The number of pyridine rings is 1. The van der Waals surface area contributed by atoms with E-state index in [0.29, 0.717) is 27.4 Å². The molecule has 1 atom stereocenters. The number of H-pyrrole nitrogens is 2. The molecular weight excluding hydrogens is 483 g/mol. The van der Waals surface area contributed by atoms with Gasteiger partial charge in [-0.15, -0.1) is 0 Å². The molecule has 0 aliphatic carbocycles. The molecule has 7 nitrogen and oxygen atoms in total. The number of fused-ring (bicyclic) bond motifs is 2. The highest BCUT2D eigenvalue weighted by Crippen LogP contribution is 2.36. The maximum Gasteiger partial charge on any atom is 0.418 e. The fourth-order valence-electron chi connectivity index (χ4n) is 3.96. The number of nitrogens with zero attached hydrogens (tertiary/aromatic N) is 2. The molecule has 2 aromatic carbocycles. The zero-order valence-corrected chi connectivity index (χ0v) is 18.8. The lowest BCUT2D eigenvalue weighted by atomic mass is 10.1. The van der Waals surface area contributed by atoms with E-state index in [1.807, 2.05) is 0 Å². The molecule has 0 bridgehead atoms. The number of rotatable bonds is 4. The molecule has 1 amide bonds. The van der Waals surface area contributed by atoms with E-state index in [0.717, 1.165) is 6.07 Å². The van der Waals surface area contributed by atoms with Gasteiger partial charge < -0.3 is 19.9 Å². The van der Waals surface area contributed by atoms with Crippen LogP contribution < -0.4 is 10.9 Å². The molecule has 11 heteroatoms. The first-order valence-electron chi connectivity index (χ1n) is 10.5. The van der Waals surface area contributed by atoms with Crippen LogP contribution in [0.3, 0.4) is 0 Å². The summed E-state index contributed by atoms with van der Waals surface area (Å²) in [6.45, 7) is 1.67. The largest absolute Gasteiger partial charge is 0.418 e. The number of alkyl halides is 3. The highest BCUT2D eigenvalue weighted by Gasteiger charge is 2.35. The smallest absolute Gasteiger partial charge is 0.342 e. The first kappa shape index (κ1) is 22.7. The molecule has 3 heterocycles. The molecular formula is C24H17ClF3N5O2. The second-order valence-electron chi connectivity index (χ2n) is 8.00. The van der Waals surface area contributed by atoms with Gasteiger partial charge in [-0.2, -0.15) is 13.2 Å². The molecule has 35 heavy (non-hydrogen) atoms. The van der Waals surface area contributed by atoms with Gasteiger partial charge in [0.25, 0.3) is 11.5 Å². The summed E-state index contributed by atoms with van der Waals surface area (Å²) in [5.41, 5.74) is -0.142. The molecule has 0 saturated carbocycles. The topological polar surface area (TPSA) is 95.6 Å². The van der Waals surface area contributed by atoms with Gasteiger partial charge in [0.15, 0.2) is 0 Å². The fraction of sp³-hybridized carbons (Fsp3) is 0.125. The van der Waals surface area contributed by atoms with Crippen molar-refractivity contribution >= 4 is 39.4 Å². The first-order valence-corrected chi connectivity index (χ1v) is 10.9. The van der Waals surface area contributed by atoms with Gasteiger partial charge in [0, 0.05) is 23.0 Å². The third kappa shape index (κ3) is 4.17. The summed E-state index contributed by atoms with van der Waals surface area (Å²) >= 11 is 5.98. The second-order valence-corrected chi connectivity index (χ2v) is 8.44. The average Bonchev–Trinajstić information content (AvgIpc) is 3.43. The van der Waals surface area contributed by atoms with Crippen LogP contribution >= 0.6 is 11.6 Å². The highest BCUT2D eigenvalue weighted by molar-refractivity contribution is 6.31. The third-order valence-electron chi connectivity index (χ3n) is 5.67. The van der Waals surface area contributed by atoms with Crippen molar-refractivity contribution in [1.82, 2.24) is 24.8 Å². The van der Waals surface area contributed by atoms with Crippen LogP contribution in [0, 0.1) is 0 Å². The van der Waals surface area contributed by atoms with Crippen LogP contribution in [0.4, 0.5) is 13.2 Å². The Morgan fingerprint density at radius 3 is 2.71 bits per heavy atom. The number of hydrogen-bond donors (Lipinski definition) is 3. The van der Waals surface area contributed by atoms with Crippen LogP contribution in [-0.2, 0) is 6.18 Å². The van der Waals surface area contributed by atoms with Crippen LogP contribution in [0.5, 0.6) is 0 Å². The van der Waals surface area contributed by atoms with Gasteiger partial charge in [0.05, 0.1) is 39.2 Å². The van der Waals surface area contributed by atoms with Gasteiger partial charge in [0.1, 0.15) is 5.82 Å². The van der Waals surface area contributed by atoms with E-state index < -0.39 is 29.2 Å². The Morgan fingerprint density at radius 1 is 1.14 bits per heavy atom. The van der Waals surface area contributed by atoms with Crippen molar-refractivity contribution in [3.8, 4) is 5.69 Å². The molecule has 3 N–H and O–H groups in total. The third-order valence-corrected chi connectivity index (χ3v) is 5.91. The lowest BCUT2D eigenvalue weighted by Gasteiger charge is -2.17. The summed E-state index contributed by atoms with van der Waals surface area (Å²) in [5.74, 6) is -0.255. The van der Waals surface area contributed by atoms with Crippen LogP contribution in [0.25, 0.3) is 27.6 Å². The molecule has 0 aliphatic heterocycles. The predicted octanol–water partition coefficient (Wildman–Crippen LogP) is 5.36. The Balaban J connectivity index is 1.48. The van der Waals surface area contributed by atoms with E-state index in [1.54, 1.807) is 25.1 Å². The van der Waals surface area contributed by atoms with Crippen LogP contribution in [0.15, 0.2) is 65.7 Å². The molecule has 3 aromatic heterocycles. The zero-order valence-electron chi connectivity index (χ0n) is 18.1. The van der Waals surface area contributed by atoms with Gasteiger partial charge in [-0.25, -0.2) is 4.98 Å². The number of carbonyl (C=O) groups excluding carboxylic acids is 1. The van der Waals surface area contributed by atoms with Crippen molar-refractivity contribution in [2.45, 2.75) is 19.1 Å². The standard InChI is InChI=1S/C24H17ClF3N5O2/c1-12(21-31-17-4-3-14(25)11-18(17)32-21)30-22(34)13-2-5-20(16(10-13)24(26,27)28)33-9-7-15-19(33)6-8-29-23(15)35/h2-12H,1H3,(H,29,35)(H,30,34)(H,31,32)/t12-/m0/s1. The van der Waals surface area contributed by atoms with Crippen molar-refractivity contribution in [3.63, 3.8) is 0 Å². The number of imidazole rings is 1. The van der Waals surface area contributed by atoms with E-state index in [9.17, 15) is 22.8 Å². The molecule has 0 unspecified atom stereocenters. The summed E-state index contributed by atoms with van der Waals surface area (Å²) in [6.07, 6.45) is -1.99. The minimum Gasteiger partial charge on any atom is -0.342 e. The maximum atomic E-state index is 14.0.